The van der Waals surface area contributed by atoms with Gasteiger partial charge in [0.05, 0.1) is 20.8 Å². The summed E-state index contributed by atoms with van der Waals surface area (Å²) in [7, 11) is 3.05. The third-order valence-corrected chi connectivity index (χ3v) is 6.32. The molecule has 0 saturated carbocycles. The van der Waals surface area contributed by atoms with E-state index in [0.29, 0.717) is 60.8 Å². The number of carbonyl (C=O) groups is 3. The minimum atomic E-state index is -0.623. The van der Waals surface area contributed by atoms with Crippen LogP contribution in [0.4, 0.5) is 10.5 Å². The topological polar surface area (TPSA) is 112 Å². The molecular weight excluding hydrogens is 488 g/mol. The number of ether oxygens (including phenoxy) is 3. The Kier molecular flexibility index (Phi) is 10.9. The summed E-state index contributed by atoms with van der Waals surface area (Å²) in [5.41, 5.74) is 2.08. The molecule has 1 aliphatic heterocycles. The molecule has 2 aromatic rings. The van der Waals surface area contributed by atoms with Crippen molar-refractivity contribution < 1.29 is 28.6 Å². The Hall–Kier alpha value is -4.26. The second-order valence-corrected chi connectivity index (χ2v) is 8.79. The second-order valence-electron chi connectivity index (χ2n) is 8.79. The van der Waals surface area contributed by atoms with Crippen molar-refractivity contribution in [1.29, 1.82) is 5.26 Å². The van der Waals surface area contributed by atoms with Gasteiger partial charge in [-0.15, -0.1) is 0 Å². The molecule has 1 fully saturated rings. The number of hydrogen-bond donors (Lipinski definition) is 0. The summed E-state index contributed by atoms with van der Waals surface area (Å²) < 4.78 is 16.2. The van der Waals surface area contributed by atoms with Gasteiger partial charge >= 0.3 is 6.03 Å². The van der Waals surface area contributed by atoms with Crippen LogP contribution in [0.3, 0.4) is 0 Å². The van der Waals surface area contributed by atoms with Crippen LogP contribution in [0.15, 0.2) is 36.4 Å². The Morgan fingerprint density at radius 1 is 1.13 bits per heavy atom. The summed E-state index contributed by atoms with van der Waals surface area (Å²) in [6.45, 7) is 4.55. The number of benzene rings is 2. The summed E-state index contributed by atoms with van der Waals surface area (Å²) in [6.07, 6.45) is 1.84. The number of hydrogen-bond acceptors (Lipinski definition) is 7. The van der Waals surface area contributed by atoms with E-state index >= 15 is 0 Å². The third kappa shape index (κ3) is 6.94. The third-order valence-electron chi connectivity index (χ3n) is 6.32. The maximum absolute atomic E-state index is 13.9. The van der Waals surface area contributed by atoms with Crippen molar-refractivity contribution in [3.05, 3.63) is 47.5 Å². The van der Waals surface area contributed by atoms with Crippen molar-refractivity contribution >= 4 is 24.5 Å². The molecule has 0 aromatic heterocycles. The molecule has 10 nitrogen and oxygen atoms in total. The van der Waals surface area contributed by atoms with Gasteiger partial charge in [-0.05, 0) is 68.1 Å². The van der Waals surface area contributed by atoms with Crippen LogP contribution in [-0.4, -0.2) is 68.1 Å². The molecular formula is C28H36N4O6. The van der Waals surface area contributed by atoms with E-state index < -0.39 is 12.1 Å². The number of carbonyl (C=O) groups excluding carboxylic acids is 3. The number of likely N-dealkylation sites (tertiary alicyclic amines) is 1. The summed E-state index contributed by atoms with van der Waals surface area (Å²) in [6, 6.07) is 11.8. The van der Waals surface area contributed by atoms with Gasteiger partial charge < -0.3 is 19.1 Å². The zero-order chi connectivity index (χ0) is 26.9. The second kappa shape index (κ2) is 13.9. The van der Waals surface area contributed by atoms with E-state index in [-0.39, 0.29) is 20.0 Å². The SMILES string of the molecule is C.COc1ccc(CN(C=O)C(=O)N(c2ccc(OC(C)C#N)cc2C)C2CCN(C=O)CC2)cc1OC. The normalized spacial score (nSPS) is 13.8. The average molecular weight is 525 g/mol. The molecule has 0 spiro atoms. The van der Waals surface area contributed by atoms with Crippen LogP contribution >= 0.6 is 0 Å². The van der Waals surface area contributed by atoms with Gasteiger partial charge in [-0.25, -0.2) is 4.79 Å². The van der Waals surface area contributed by atoms with Crippen molar-refractivity contribution in [2.45, 2.75) is 52.8 Å². The van der Waals surface area contributed by atoms with Crippen molar-refractivity contribution in [3.63, 3.8) is 0 Å². The number of amides is 4. The maximum atomic E-state index is 13.9. The van der Waals surface area contributed by atoms with E-state index in [4.69, 9.17) is 19.5 Å². The van der Waals surface area contributed by atoms with E-state index in [1.807, 2.05) is 13.0 Å². The van der Waals surface area contributed by atoms with Gasteiger partial charge in [0.1, 0.15) is 11.8 Å². The summed E-state index contributed by atoms with van der Waals surface area (Å²) in [4.78, 5) is 41.7. The van der Waals surface area contributed by atoms with Gasteiger partial charge in [0.25, 0.3) is 0 Å². The molecule has 1 saturated heterocycles. The van der Waals surface area contributed by atoms with Gasteiger partial charge in [0, 0.05) is 24.8 Å². The Bertz CT molecular complexity index is 1160. The molecule has 38 heavy (non-hydrogen) atoms. The van der Waals surface area contributed by atoms with Gasteiger partial charge in [-0.2, -0.15) is 5.26 Å². The number of methoxy groups -OCH3 is 2. The standard InChI is InChI=1S/C27H32N4O6.CH4/c1-19-13-23(37-20(2)15-28)6-7-24(19)31(22-9-11-29(17-32)12-10-22)27(34)30(18-33)16-21-5-8-25(35-3)26(14-21)36-4;/h5-8,13-14,17-18,20,22H,9-12,16H2,1-4H3;1H4. The first kappa shape index (κ1) is 30.0. The first-order chi connectivity index (χ1) is 17.8. The van der Waals surface area contributed by atoms with Crippen LogP contribution < -0.4 is 19.1 Å². The van der Waals surface area contributed by atoms with Crippen LogP contribution in [-0.2, 0) is 16.1 Å². The highest BCUT2D eigenvalue weighted by Crippen LogP contribution is 2.32. The van der Waals surface area contributed by atoms with Gasteiger partial charge in [0.2, 0.25) is 12.8 Å². The zero-order valence-electron chi connectivity index (χ0n) is 21.5. The first-order valence-electron chi connectivity index (χ1n) is 12.0. The van der Waals surface area contributed by atoms with Crippen LogP contribution in [0.1, 0.15) is 38.3 Å². The minimum Gasteiger partial charge on any atom is -0.493 e. The predicted molar refractivity (Wildman–Crippen MR) is 143 cm³/mol. The van der Waals surface area contributed by atoms with E-state index in [1.54, 1.807) is 53.1 Å². The van der Waals surface area contributed by atoms with Crippen molar-refractivity contribution in [2.75, 3.05) is 32.2 Å². The van der Waals surface area contributed by atoms with E-state index in [9.17, 15) is 14.4 Å². The number of imide groups is 1. The van der Waals surface area contributed by atoms with Crippen LogP contribution in [0, 0.1) is 18.3 Å². The number of nitrogens with zero attached hydrogens (tertiary/aromatic N) is 4. The van der Waals surface area contributed by atoms with E-state index in [0.717, 1.165) is 16.9 Å². The van der Waals surface area contributed by atoms with Crippen LogP contribution in [0.5, 0.6) is 17.2 Å². The summed E-state index contributed by atoms with van der Waals surface area (Å²) in [5.74, 6) is 1.55. The monoisotopic (exact) mass is 524 g/mol. The largest absolute Gasteiger partial charge is 0.493 e. The first-order valence-corrected chi connectivity index (χ1v) is 12.0. The molecule has 10 heteroatoms. The maximum Gasteiger partial charge on any atom is 0.331 e. The average Bonchev–Trinajstić information content (AvgIpc) is 2.92. The molecule has 3 rings (SSSR count). The van der Waals surface area contributed by atoms with Crippen LogP contribution in [0.2, 0.25) is 0 Å². The Morgan fingerprint density at radius 2 is 1.82 bits per heavy atom. The lowest BCUT2D eigenvalue weighted by Crippen LogP contribution is -2.52. The number of rotatable bonds is 10. The molecule has 2 aromatic carbocycles. The molecule has 1 heterocycles. The number of aryl methyl sites for hydroxylation is 1. The quantitative estimate of drug-likeness (QED) is 0.429. The Morgan fingerprint density at radius 3 is 2.37 bits per heavy atom. The van der Waals surface area contributed by atoms with Crippen molar-refractivity contribution in [1.82, 2.24) is 9.80 Å². The zero-order valence-corrected chi connectivity index (χ0v) is 21.5. The van der Waals surface area contributed by atoms with E-state index in [1.165, 1.54) is 14.2 Å². The molecule has 1 atom stereocenters. The number of piperidine rings is 1. The molecule has 1 aliphatic rings. The fourth-order valence-electron chi connectivity index (χ4n) is 4.37. The van der Waals surface area contributed by atoms with Gasteiger partial charge in [-0.3, -0.25) is 19.4 Å². The molecule has 0 radical (unpaired) electrons. The number of urea groups is 1. The highest BCUT2D eigenvalue weighted by molar-refractivity contribution is 5.98. The highest BCUT2D eigenvalue weighted by Gasteiger charge is 2.33. The minimum absolute atomic E-state index is 0. The Balaban J connectivity index is 0.00000507. The summed E-state index contributed by atoms with van der Waals surface area (Å²) in [5, 5.41) is 9.05. The summed E-state index contributed by atoms with van der Waals surface area (Å²) >= 11 is 0. The molecule has 0 bridgehead atoms. The Labute approximate surface area is 224 Å². The van der Waals surface area contributed by atoms with E-state index in [2.05, 4.69) is 0 Å². The lowest BCUT2D eigenvalue weighted by atomic mass is 10.0. The molecule has 204 valence electrons. The molecule has 1 unspecified atom stereocenters. The number of anilines is 1. The number of nitriles is 1. The molecule has 4 amide bonds. The van der Waals surface area contributed by atoms with Gasteiger partial charge in [-0.1, -0.05) is 13.5 Å². The fraction of sp³-hybridized carbons (Fsp3) is 0.429. The predicted octanol–water partition coefficient (Wildman–Crippen LogP) is 4.15. The highest BCUT2D eigenvalue weighted by atomic mass is 16.5. The van der Waals surface area contributed by atoms with Crippen molar-refractivity contribution in [2.24, 2.45) is 0 Å². The van der Waals surface area contributed by atoms with Gasteiger partial charge in [0.15, 0.2) is 17.6 Å². The lowest BCUT2D eigenvalue weighted by Gasteiger charge is -2.39. The molecule has 0 N–H and O–H groups in total. The van der Waals surface area contributed by atoms with Crippen LogP contribution in [0.25, 0.3) is 0 Å². The van der Waals surface area contributed by atoms with Crippen molar-refractivity contribution in [3.8, 4) is 23.3 Å². The lowest BCUT2D eigenvalue weighted by molar-refractivity contribution is -0.119. The smallest absolute Gasteiger partial charge is 0.331 e. The molecule has 0 aliphatic carbocycles. The fourth-order valence-corrected chi connectivity index (χ4v) is 4.37.